The van der Waals surface area contributed by atoms with E-state index in [2.05, 4.69) is 12.2 Å². The van der Waals surface area contributed by atoms with Crippen molar-refractivity contribution in [1.29, 1.82) is 0 Å². The highest BCUT2D eigenvalue weighted by atomic mass is 16.2. The summed E-state index contributed by atoms with van der Waals surface area (Å²) < 4.78 is 0. The maximum Gasteiger partial charge on any atom is 0.236 e. The molecule has 0 aliphatic heterocycles. The van der Waals surface area contributed by atoms with Gasteiger partial charge in [-0.3, -0.25) is 4.79 Å². The van der Waals surface area contributed by atoms with E-state index in [4.69, 9.17) is 5.73 Å². The number of hydrogen-bond acceptors (Lipinski definition) is 2. The zero-order chi connectivity index (χ0) is 8.43. The van der Waals surface area contributed by atoms with Crippen molar-refractivity contribution in [1.82, 2.24) is 5.32 Å². The largest absolute Gasteiger partial charge is 0.352 e. The molecule has 1 aliphatic rings. The van der Waals surface area contributed by atoms with Crippen molar-refractivity contribution in [3.63, 3.8) is 0 Å². The van der Waals surface area contributed by atoms with Crippen molar-refractivity contribution in [2.75, 3.05) is 0 Å². The molecular weight excluding hydrogens is 140 g/mol. The van der Waals surface area contributed by atoms with Gasteiger partial charge in [0, 0.05) is 6.04 Å². The van der Waals surface area contributed by atoms with Crippen molar-refractivity contribution >= 4 is 5.91 Å². The lowest BCUT2D eigenvalue weighted by Crippen LogP contribution is -2.48. The molecule has 1 unspecified atom stereocenters. The Morgan fingerprint density at radius 1 is 1.64 bits per heavy atom. The van der Waals surface area contributed by atoms with Crippen molar-refractivity contribution in [3.8, 4) is 0 Å². The van der Waals surface area contributed by atoms with Gasteiger partial charge in [-0.05, 0) is 25.7 Å². The van der Waals surface area contributed by atoms with E-state index >= 15 is 0 Å². The minimum atomic E-state index is -0.370. The fourth-order valence-electron chi connectivity index (χ4n) is 1.35. The summed E-state index contributed by atoms with van der Waals surface area (Å²) >= 11 is 0. The molecule has 1 saturated carbocycles. The standard InChI is InChI=1S/C8H16N2O/c1-5-3-7(4-5)10-8(11)6(2)9/h5-7H,3-4,9H2,1-2H3,(H,10,11). The van der Waals surface area contributed by atoms with Crippen LogP contribution in [0.1, 0.15) is 26.7 Å². The molecule has 1 rings (SSSR count). The minimum absolute atomic E-state index is 0.0260. The molecule has 0 aromatic heterocycles. The molecule has 1 aliphatic carbocycles. The Kier molecular flexibility index (Phi) is 2.49. The molecule has 1 amide bonds. The van der Waals surface area contributed by atoms with E-state index in [-0.39, 0.29) is 11.9 Å². The highest BCUT2D eigenvalue weighted by molar-refractivity contribution is 5.81. The number of nitrogens with one attached hydrogen (secondary N) is 1. The SMILES string of the molecule is CC1CC(NC(=O)C(C)N)C1. The fourth-order valence-corrected chi connectivity index (χ4v) is 1.35. The molecule has 64 valence electrons. The van der Waals surface area contributed by atoms with Crippen LogP contribution in [0.5, 0.6) is 0 Å². The maximum absolute atomic E-state index is 11.0. The second-order valence-corrected chi connectivity index (χ2v) is 3.57. The third kappa shape index (κ3) is 2.19. The van der Waals surface area contributed by atoms with Crippen molar-refractivity contribution in [2.45, 2.75) is 38.8 Å². The van der Waals surface area contributed by atoms with Crippen molar-refractivity contribution in [2.24, 2.45) is 11.7 Å². The van der Waals surface area contributed by atoms with Crippen LogP contribution in [0.3, 0.4) is 0 Å². The number of amides is 1. The Morgan fingerprint density at radius 3 is 2.55 bits per heavy atom. The van der Waals surface area contributed by atoms with Gasteiger partial charge in [0.25, 0.3) is 0 Å². The summed E-state index contributed by atoms with van der Waals surface area (Å²) in [5.41, 5.74) is 5.39. The number of rotatable bonds is 2. The summed E-state index contributed by atoms with van der Waals surface area (Å²) in [6.45, 7) is 3.89. The minimum Gasteiger partial charge on any atom is -0.352 e. The first-order valence-electron chi connectivity index (χ1n) is 4.15. The third-order valence-electron chi connectivity index (χ3n) is 2.13. The Labute approximate surface area is 67.3 Å². The van der Waals surface area contributed by atoms with Crippen molar-refractivity contribution < 1.29 is 4.79 Å². The van der Waals surface area contributed by atoms with Gasteiger partial charge in [-0.25, -0.2) is 0 Å². The van der Waals surface area contributed by atoms with Gasteiger partial charge in [-0.15, -0.1) is 0 Å². The van der Waals surface area contributed by atoms with Crippen LogP contribution in [0, 0.1) is 5.92 Å². The third-order valence-corrected chi connectivity index (χ3v) is 2.13. The Morgan fingerprint density at radius 2 is 2.18 bits per heavy atom. The molecule has 0 radical (unpaired) electrons. The van der Waals surface area contributed by atoms with Crippen LogP contribution < -0.4 is 11.1 Å². The molecule has 3 heteroatoms. The maximum atomic E-state index is 11.0. The molecule has 0 spiro atoms. The van der Waals surface area contributed by atoms with Gasteiger partial charge < -0.3 is 11.1 Å². The molecule has 0 heterocycles. The smallest absolute Gasteiger partial charge is 0.236 e. The predicted molar refractivity (Wildman–Crippen MR) is 44.0 cm³/mol. The summed E-state index contributed by atoms with van der Waals surface area (Å²) in [6, 6.07) is 0.0226. The predicted octanol–water partition coefficient (Wildman–Crippen LogP) is 0.248. The molecular formula is C8H16N2O. The lowest BCUT2D eigenvalue weighted by molar-refractivity contribution is -0.123. The molecule has 0 bridgehead atoms. The van der Waals surface area contributed by atoms with E-state index in [1.54, 1.807) is 6.92 Å². The molecule has 1 atom stereocenters. The molecule has 11 heavy (non-hydrogen) atoms. The highest BCUT2D eigenvalue weighted by Crippen LogP contribution is 2.25. The van der Waals surface area contributed by atoms with Gasteiger partial charge >= 0.3 is 0 Å². The normalized spacial score (nSPS) is 32.3. The molecule has 0 aromatic carbocycles. The lowest BCUT2D eigenvalue weighted by atomic mass is 9.82. The Hall–Kier alpha value is -0.570. The second kappa shape index (κ2) is 3.22. The lowest BCUT2D eigenvalue weighted by Gasteiger charge is -2.33. The summed E-state index contributed by atoms with van der Waals surface area (Å²) in [5, 5.41) is 2.88. The van der Waals surface area contributed by atoms with Gasteiger partial charge in [0.2, 0.25) is 5.91 Å². The zero-order valence-electron chi connectivity index (χ0n) is 7.13. The summed E-state index contributed by atoms with van der Waals surface area (Å²) in [6.07, 6.45) is 2.22. The van der Waals surface area contributed by atoms with E-state index in [1.165, 1.54) is 0 Å². The average Bonchev–Trinajstić information content (AvgIpc) is 1.84. The second-order valence-electron chi connectivity index (χ2n) is 3.57. The van der Waals surface area contributed by atoms with Crippen LogP contribution in [0.2, 0.25) is 0 Å². The first-order valence-corrected chi connectivity index (χ1v) is 4.15. The topological polar surface area (TPSA) is 55.1 Å². The van der Waals surface area contributed by atoms with Crippen LogP contribution in [-0.2, 0) is 4.79 Å². The first kappa shape index (κ1) is 8.53. The Bertz CT molecular complexity index is 150. The quantitative estimate of drug-likeness (QED) is 0.602. The van der Waals surface area contributed by atoms with Crippen LogP contribution >= 0.6 is 0 Å². The van der Waals surface area contributed by atoms with Crippen LogP contribution in [0.25, 0.3) is 0 Å². The molecule has 0 saturated heterocycles. The van der Waals surface area contributed by atoms with Crippen molar-refractivity contribution in [3.05, 3.63) is 0 Å². The molecule has 3 N–H and O–H groups in total. The summed E-state index contributed by atoms with van der Waals surface area (Å²) in [5.74, 6) is 0.746. The Balaban J connectivity index is 2.17. The molecule has 3 nitrogen and oxygen atoms in total. The van der Waals surface area contributed by atoms with Crippen LogP contribution in [0.4, 0.5) is 0 Å². The highest BCUT2D eigenvalue weighted by Gasteiger charge is 2.26. The first-order chi connectivity index (χ1) is 5.09. The van der Waals surface area contributed by atoms with Gasteiger partial charge in [0.15, 0.2) is 0 Å². The number of carbonyl (C=O) groups is 1. The average molecular weight is 156 g/mol. The van der Waals surface area contributed by atoms with Gasteiger partial charge in [0.05, 0.1) is 6.04 Å². The summed E-state index contributed by atoms with van der Waals surface area (Å²) in [4.78, 5) is 11.0. The van der Waals surface area contributed by atoms with E-state index in [1.807, 2.05) is 0 Å². The fraction of sp³-hybridized carbons (Fsp3) is 0.875. The molecule has 1 fully saturated rings. The van der Waals surface area contributed by atoms with Crippen LogP contribution in [-0.4, -0.2) is 18.0 Å². The van der Waals surface area contributed by atoms with Gasteiger partial charge in [0.1, 0.15) is 0 Å². The number of carbonyl (C=O) groups excluding carboxylic acids is 1. The van der Waals surface area contributed by atoms with E-state index in [0.29, 0.717) is 6.04 Å². The number of hydrogen-bond donors (Lipinski definition) is 2. The van der Waals surface area contributed by atoms with E-state index < -0.39 is 0 Å². The molecule has 0 aromatic rings. The zero-order valence-corrected chi connectivity index (χ0v) is 7.13. The van der Waals surface area contributed by atoms with E-state index in [0.717, 1.165) is 18.8 Å². The summed E-state index contributed by atoms with van der Waals surface area (Å²) in [7, 11) is 0. The monoisotopic (exact) mass is 156 g/mol. The van der Waals surface area contributed by atoms with Gasteiger partial charge in [-0.2, -0.15) is 0 Å². The number of nitrogens with two attached hydrogens (primary N) is 1. The van der Waals surface area contributed by atoms with E-state index in [9.17, 15) is 4.79 Å². The van der Waals surface area contributed by atoms with Gasteiger partial charge in [-0.1, -0.05) is 6.92 Å². The van der Waals surface area contributed by atoms with Crippen LogP contribution in [0.15, 0.2) is 0 Å².